The number of nitrogens with zero attached hydrogens (tertiary/aromatic N) is 2. The standard InChI is InChI=1S/C16H14F2N4OS/c1-23-12-5-3-11(4-6-12)19-15-20-16(22-21-15)24-9-10-2-7-13(17)14(18)8-10/h2-8H,9H2,1H3,(H2,19,20,21,22). The fourth-order valence-corrected chi connectivity index (χ4v) is 2.70. The van der Waals surface area contributed by atoms with Crippen molar-refractivity contribution in [2.45, 2.75) is 10.9 Å². The number of methoxy groups -OCH3 is 1. The van der Waals surface area contributed by atoms with Crippen LogP contribution in [0.3, 0.4) is 0 Å². The van der Waals surface area contributed by atoms with Crippen LogP contribution in [-0.4, -0.2) is 22.3 Å². The Bertz CT molecular complexity index is 823. The van der Waals surface area contributed by atoms with Crippen LogP contribution in [0.2, 0.25) is 0 Å². The van der Waals surface area contributed by atoms with Gasteiger partial charge in [-0.15, -0.1) is 5.10 Å². The molecule has 1 aromatic heterocycles. The topological polar surface area (TPSA) is 62.8 Å². The predicted octanol–water partition coefficient (Wildman–Crippen LogP) is 4.13. The van der Waals surface area contributed by atoms with Gasteiger partial charge in [-0.3, -0.25) is 5.10 Å². The summed E-state index contributed by atoms with van der Waals surface area (Å²) in [6, 6.07) is 11.2. The first-order valence-electron chi connectivity index (χ1n) is 7.04. The van der Waals surface area contributed by atoms with Crippen LogP contribution in [0, 0.1) is 11.6 Å². The summed E-state index contributed by atoms with van der Waals surface area (Å²) >= 11 is 1.35. The number of halogens is 2. The molecule has 24 heavy (non-hydrogen) atoms. The van der Waals surface area contributed by atoms with Gasteiger partial charge in [0.2, 0.25) is 5.95 Å². The lowest BCUT2D eigenvalue weighted by Gasteiger charge is -2.03. The van der Waals surface area contributed by atoms with Crippen LogP contribution in [0.1, 0.15) is 5.56 Å². The van der Waals surface area contributed by atoms with E-state index in [-0.39, 0.29) is 0 Å². The molecule has 0 aliphatic rings. The maximum absolute atomic E-state index is 13.2. The Labute approximate surface area is 141 Å². The Balaban J connectivity index is 1.59. The van der Waals surface area contributed by atoms with Crippen LogP contribution in [-0.2, 0) is 5.75 Å². The van der Waals surface area contributed by atoms with E-state index in [0.29, 0.717) is 22.4 Å². The lowest BCUT2D eigenvalue weighted by atomic mass is 10.2. The fraction of sp³-hybridized carbons (Fsp3) is 0.125. The van der Waals surface area contributed by atoms with Crippen LogP contribution in [0.15, 0.2) is 47.6 Å². The lowest BCUT2D eigenvalue weighted by Crippen LogP contribution is -1.92. The molecular formula is C16H14F2N4OS. The second-order valence-electron chi connectivity index (χ2n) is 4.85. The summed E-state index contributed by atoms with van der Waals surface area (Å²) in [5.41, 5.74) is 1.49. The van der Waals surface area contributed by atoms with Crippen molar-refractivity contribution in [2.75, 3.05) is 12.4 Å². The van der Waals surface area contributed by atoms with Crippen molar-refractivity contribution in [3.63, 3.8) is 0 Å². The Morgan fingerprint density at radius 2 is 1.92 bits per heavy atom. The first-order valence-corrected chi connectivity index (χ1v) is 8.03. The smallest absolute Gasteiger partial charge is 0.247 e. The lowest BCUT2D eigenvalue weighted by molar-refractivity contribution is 0.415. The molecule has 0 aliphatic heterocycles. The van der Waals surface area contributed by atoms with E-state index in [1.54, 1.807) is 7.11 Å². The molecule has 2 N–H and O–H groups in total. The minimum absolute atomic E-state index is 0.424. The number of rotatable bonds is 6. The van der Waals surface area contributed by atoms with Crippen LogP contribution >= 0.6 is 11.8 Å². The second kappa shape index (κ2) is 7.31. The maximum Gasteiger partial charge on any atom is 0.247 e. The summed E-state index contributed by atoms with van der Waals surface area (Å²) in [5, 5.41) is 10.5. The van der Waals surface area contributed by atoms with Crippen LogP contribution in [0.5, 0.6) is 5.75 Å². The van der Waals surface area contributed by atoms with Crippen molar-refractivity contribution < 1.29 is 13.5 Å². The minimum atomic E-state index is -0.854. The molecule has 124 valence electrons. The Morgan fingerprint density at radius 3 is 2.62 bits per heavy atom. The summed E-state index contributed by atoms with van der Waals surface area (Å²) in [5.74, 6) is -0.0674. The van der Waals surface area contributed by atoms with Crippen molar-refractivity contribution in [1.82, 2.24) is 15.2 Å². The number of thioether (sulfide) groups is 1. The number of hydrogen-bond acceptors (Lipinski definition) is 5. The quantitative estimate of drug-likeness (QED) is 0.656. The molecule has 1 heterocycles. The summed E-state index contributed by atoms with van der Waals surface area (Å²) < 4.78 is 31.2. The fourth-order valence-electron chi connectivity index (χ4n) is 1.95. The Hall–Kier alpha value is -2.61. The van der Waals surface area contributed by atoms with Crippen molar-refractivity contribution >= 4 is 23.4 Å². The van der Waals surface area contributed by atoms with E-state index in [1.807, 2.05) is 24.3 Å². The molecule has 0 atom stereocenters. The number of anilines is 2. The van der Waals surface area contributed by atoms with Gasteiger partial charge in [0, 0.05) is 11.4 Å². The molecule has 0 unspecified atom stereocenters. The molecule has 0 amide bonds. The van der Waals surface area contributed by atoms with Gasteiger partial charge in [0.1, 0.15) is 5.75 Å². The molecule has 0 saturated heterocycles. The highest BCUT2D eigenvalue weighted by molar-refractivity contribution is 7.98. The first kappa shape index (κ1) is 16.3. The van der Waals surface area contributed by atoms with Gasteiger partial charge in [0.15, 0.2) is 16.8 Å². The van der Waals surface area contributed by atoms with Gasteiger partial charge in [-0.05, 0) is 42.0 Å². The monoisotopic (exact) mass is 348 g/mol. The summed E-state index contributed by atoms with van der Waals surface area (Å²) in [6.07, 6.45) is 0. The molecule has 3 aromatic rings. The number of nitrogens with one attached hydrogen (secondary N) is 2. The van der Waals surface area contributed by atoms with Crippen LogP contribution < -0.4 is 10.1 Å². The number of ether oxygens (including phenoxy) is 1. The Kier molecular flexibility index (Phi) is 4.95. The zero-order valence-electron chi connectivity index (χ0n) is 12.7. The van der Waals surface area contributed by atoms with Gasteiger partial charge in [-0.1, -0.05) is 17.8 Å². The SMILES string of the molecule is COc1ccc(Nc2n[nH]c(SCc3ccc(F)c(F)c3)n2)cc1. The van der Waals surface area contributed by atoms with Gasteiger partial charge in [0.05, 0.1) is 7.11 Å². The predicted molar refractivity (Wildman–Crippen MR) is 88.6 cm³/mol. The summed E-state index contributed by atoms with van der Waals surface area (Å²) in [4.78, 5) is 4.29. The third-order valence-electron chi connectivity index (χ3n) is 3.17. The second-order valence-corrected chi connectivity index (χ2v) is 5.82. The molecule has 8 heteroatoms. The molecule has 0 spiro atoms. The largest absolute Gasteiger partial charge is 0.497 e. The van der Waals surface area contributed by atoms with Gasteiger partial charge >= 0.3 is 0 Å². The van der Waals surface area contributed by atoms with Crippen LogP contribution in [0.25, 0.3) is 0 Å². The highest BCUT2D eigenvalue weighted by Gasteiger charge is 2.07. The number of benzene rings is 2. The van der Waals surface area contributed by atoms with Gasteiger partial charge in [0.25, 0.3) is 0 Å². The Morgan fingerprint density at radius 1 is 1.12 bits per heavy atom. The van der Waals surface area contributed by atoms with Crippen molar-refractivity contribution in [3.05, 3.63) is 59.7 Å². The zero-order valence-corrected chi connectivity index (χ0v) is 13.5. The van der Waals surface area contributed by atoms with E-state index >= 15 is 0 Å². The van der Waals surface area contributed by atoms with Gasteiger partial charge in [-0.25, -0.2) is 8.78 Å². The van der Waals surface area contributed by atoms with E-state index in [2.05, 4.69) is 20.5 Å². The normalized spacial score (nSPS) is 10.6. The van der Waals surface area contributed by atoms with Crippen molar-refractivity contribution in [2.24, 2.45) is 0 Å². The van der Waals surface area contributed by atoms with E-state index in [9.17, 15) is 8.78 Å². The number of hydrogen-bond donors (Lipinski definition) is 2. The van der Waals surface area contributed by atoms with Crippen molar-refractivity contribution in [3.8, 4) is 5.75 Å². The van der Waals surface area contributed by atoms with E-state index in [0.717, 1.165) is 17.5 Å². The van der Waals surface area contributed by atoms with Gasteiger partial charge < -0.3 is 10.1 Å². The number of H-pyrrole nitrogens is 1. The molecule has 2 aromatic carbocycles. The van der Waals surface area contributed by atoms with E-state index < -0.39 is 11.6 Å². The van der Waals surface area contributed by atoms with E-state index in [4.69, 9.17) is 4.74 Å². The first-order chi connectivity index (χ1) is 11.6. The molecule has 3 rings (SSSR count). The molecule has 0 radical (unpaired) electrons. The minimum Gasteiger partial charge on any atom is -0.497 e. The molecule has 0 fully saturated rings. The third-order valence-corrected chi connectivity index (χ3v) is 4.10. The van der Waals surface area contributed by atoms with Crippen molar-refractivity contribution in [1.29, 1.82) is 0 Å². The highest BCUT2D eigenvalue weighted by Crippen LogP contribution is 2.23. The van der Waals surface area contributed by atoms with E-state index in [1.165, 1.54) is 23.9 Å². The zero-order chi connectivity index (χ0) is 16.9. The molecule has 5 nitrogen and oxygen atoms in total. The molecule has 0 bridgehead atoms. The molecular weight excluding hydrogens is 334 g/mol. The molecule has 0 aliphatic carbocycles. The maximum atomic E-state index is 13.2. The summed E-state index contributed by atoms with van der Waals surface area (Å²) in [6.45, 7) is 0. The number of aromatic amines is 1. The average Bonchev–Trinajstić information content (AvgIpc) is 3.04. The van der Waals surface area contributed by atoms with Gasteiger partial charge in [-0.2, -0.15) is 4.98 Å². The highest BCUT2D eigenvalue weighted by atomic mass is 32.2. The third kappa shape index (κ3) is 4.02. The summed E-state index contributed by atoms with van der Waals surface area (Å²) in [7, 11) is 1.61. The number of aromatic nitrogens is 3. The molecule has 0 saturated carbocycles. The average molecular weight is 348 g/mol. The van der Waals surface area contributed by atoms with Crippen LogP contribution in [0.4, 0.5) is 20.4 Å².